The summed E-state index contributed by atoms with van der Waals surface area (Å²) < 4.78 is 26.2. The Labute approximate surface area is 106 Å². The third-order valence-electron chi connectivity index (χ3n) is 2.39. The lowest BCUT2D eigenvalue weighted by Crippen LogP contribution is -2.30. The molecule has 0 fully saturated rings. The Morgan fingerprint density at radius 3 is 2.67 bits per heavy atom. The van der Waals surface area contributed by atoms with E-state index in [0.717, 1.165) is 19.0 Å². The van der Waals surface area contributed by atoms with Crippen LogP contribution in [-0.2, 0) is 0 Å². The van der Waals surface area contributed by atoms with E-state index in [1.807, 2.05) is 13.8 Å². The Balaban J connectivity index is 2.39. The first kappa shape index (κ1) is 14.6. The summed E-state index contributed by atoms with van der Waals surface area (Å²) in [6, 6.07) is 3.95. The molecule has 0 saturated carbocycles. The summed E-state index contributed by atoms with van der Waals surface area (Å²) in [7, 11) is 0. The molecule has 0 aromatic heterocycles. The van der Waals surface area contributed by atoms with Crippen LogP contribution in [0.2, 0.25) is 0 Å². The van der Waals surface area contributed by atoms with E-state index in [1.54, 1.807) is 0 Å². The Bertz CT molecular complexity index is 408. The molecule has 1 aromatic rings. The fourth-order valence-electron chi connectivity index (χ4n) is 1.46. The number of benzene rings is 1. The van der Waals surface area contributed by atoms with Gasteiger partial charge in [0.1, 0.15) is 0 Å². The molecular weight excluding hydrogens is 238 g/mol. The lowest BCUT2D eigenvalue weighted by atomic mass is 10.2. The van der Waals surface area contributed by atoms with E-state index < -0.39 is 17.5 Å². The Morgan fingerprint density at radius 1 is 1.28 bits per heavy atom. The van der Waals surface area contributed by atoms with Crippen molar-refractivity contribution in [3.8, 4) is 0 Å². The molecule has 0 atom stereocenters. The molecule has 18 heavy (non-hydrogen) atoms. The number of hydrogen-bond acceptors (Lipinski definition) is 2. The van der Waals surface area contributed by atoms with Gasteiger partial charge in [-0.25, -0.2) is 8.78 Å². The van der Waals surface area contributed by atoms with Crippen molar-refractivity contribution in [2.24, 2.45) is 0 Å². The predicted molar refractivity (Wildman–Crippen MR) is 66.4 cm³/mol. The van der Waals surface area contributed by atoms with Crippen LogP contribution in [0, 0.1) is 11.6 Å². The first-order valence-corrected chi connectivity index (χ1v) is 5.98. The van der Waals surface area contributed by atoms with Crippen LogP contribution >= 0.6 is 0 Å². The third kappa shape index (κ3) is 4.41. The average molecular weight is 256 g/mol. The molecule has 0 aliphatic carbocycles. The SMILES string of the molecule is CC(C)NCCCNC(=O)c1cccc(F)c1F. The lowest BCUT2D eigenvalue weighted by molar-refractivity contribution is 0.0948. The van der Waals surface area contributed by atoms with E-state index in [1.165, 1.54) is 12.1 Å². The monoisotopic (exact) mass is 256 g/mol. The van der Waals surface area contributed by atoms with Crippen molar-refractivity contribution >= 4 is 5.91 Å². The summed E-state index contributed by atoms with van der Waals surface area (Å²) in [4.78, 5) is 11.6. The number of hydrogen-bond donors (Lipinski definition) is 2. The largest absolute Gasteiger partial charge is 0.352 e. The minimum absolute atomic E-state index is 0.258. The van der Waals surface area contributed by atoms with Crippen LogP contribution in [0.4, 0.5) is 8.78 Å². The molecule has 0 radical (unpaired) electrons. The van der Waals surface area contributed by atoms with Crippen molar-refractivity contribution in [1.29, 1.82) is 0 Å². The van der Waals surface area contributed by atoms with Crippen molar-refractivity contribution in [2.75, 3.05) is 13.1 Å². The van der Waals surface area contributed by atoms with Crippen molar-refractivity contribution in [2.45, 2.75) is 26.3 Å². The zero-order chi connectivity index (χ0) is 13.5. The van der Waals surface area contributed by atoms with Crippen LogP contribution in [-0.4, -0.2) is 25.0 Å². The molecule has 0 saturated heterocycles. The van der Waals surface area contributed by atoms with E-state index >= 15 is 0 Å². The summed E-state index contributed by atoms with van der Waals surface area (Å²) in [5.74, 6) is -2.70. The van der Waals surface area contributed by atoms with Gasteiger partial charge in [-0.15, -0.1) is 0 Å². The van der Waals surface area contributed by atoms with Crippen LogP contribution in [0.3, 0.4) is 0 Å². The van der Waals surface area contributed by atoms with Gasteiger partial charge in [0.05, 0.1) is 5.56 Å². The van der Waals surface area contributed by atoms with Crippen molar-refractivity contribution in [3.63, 3.8) is 0 Å². The van der Waals surface area contributed by atoms with Gasteiger partial charge in [-0.2, -0.15) is 0 Å². The Kier molecular flexibility index (Phi) is 5.71. The maximum absolute atomic E-state index is 13.3. The highest BCUT2D eigenvalue weighted by atomic mass is 19.2. The van der Waals surface area contributed by atoms with Crippen LogP contribution in [0.5, 0.6) is 0 Å². The molecule has 1 aromatic carbocycles. The van der Waals surface area contributed by atoms with Crippen molar-refractivity contribution in [3.05, 3.63) is 35.4 Å². The molecule has 0 spiro atoms. The molecule has 0 aliphatic heterocycles. The Morgan fingerprint density at radius 2 is 2.00 bits per heavy atom. The lowest BCUT2D eigenvalue weighted by Gasteiger charge is -2.09. The smallest absolute Gasteiger partial charge is 0.254 e. The minimum atomic E-state index is -1.10. The maximum atomic E-state index is 13.3. The second-order valence-electron chi connectivity index (χ2n) is 4.32. The molecule has 3 nitrogen and oxygen atoms in total. The van der Waals surface area contributed by atoms with Crippen LogP contribution < -0.4 is 10.6 Å². The van der Waals surface area contributed by atoms with Gasteiger partial charge < -0.3 is 10.6 Å². The first-order chi connectivity index (χ1) is 8.52. The molecule has 0 aliphatic rings. The fourth-order valence-corrected chi connectivity index (χ4v) is 1.46. The van der Waals surface area contributed by atoms with E-state index in [9.17, 15) is 13.6 Å². The zero-order valence-corrected chi connectivity index (χ0v) is 10.6. The molecule has 0 heterocycles. The predicted octanol–water partition coefficient (Wildman–Crippen LogP) is 2.08. The van der Waals surface area contributed by atoms with Gasteiger partial charge in [0.25, 0.3) is 5.91 Å². The van der Waals surface area contributed by atoms with Gasteiger partial charge >= 0.3 is 0 Å². The molecule has 0 unspecified atom stereocenters. The quantitative estimate of drug-likeness (QED) is 0.765. The summed E-state index contributed by atoms with van der Waals surface area (Å²) in [6.07, 6.45) is 0.737. The van der Waals surface area contributed by atoms with E-state index in [0.29, 0.717) is 12.6 Å². The second kappa shape index (κ2) is 7.06. The first-order valence-electron chi connectivity index (χ1n) is 5.98. The maximum Gasteiger partial charge on any atom is 0.254 e. The topological polar surface area (TPSA) is 41.1 Å². The molecule has 2 N–H and O–H groups in total. The zero-order valence-electron chi connectivity index (χ0n) is 10.6. The molecule has 1 amide bonds. The number of halogens is 2. The standard InChI is InChI=1S/C13H18F2N2O/c1-9(2)16-7-4-8-17-13(18)10-5-3-6-11(14)12(10)15/h3,5-6,9,16H,4,7-8H2,1-2H3,(H,17,18). The molecule has 0 bridgehead atoms. The molecule has 1 rings (SSSR count). The highest BCUT2D eigenvalue weighted by Gasteiger charge is 2.14. The summed E-state index contributed by atoms with van der Waals surface area (Å²) in [5.41, 5.74) is -0.258. The molecule has 100 valence electrons. The van der Waals surface area contributed by atoms with Crippen LogP contribution in [0.15, 0.2) is 18.2 Å². The van der Waals surface area contributed by atoms with E-state index in [4.69, 9.17) is 0 Å². The minimum Gasteiger partial charge on any atom is -0.352 e. The summed E-state index contributed by atoms with van der Waals surface area (Å²) in [6.45, 7) is 5.25. The highest BCUT2D eigenvalue weighted by molar-refractivity contribution is 5.94. The van der Waals surface area contributed by atoms with Crippen LogP contribution in [0.25, 0.3) is 0 Å². The van der Waals surface area contributed by atoms with Gasteiger partial charge in [0, 0.05) is 12.6 Å². The molecular formula is C13H18F2N2O. The average Bonchev–Trinajstić information content (AvgIpc) is 2.31. The van der Waals surface area contributed by atoms with Crippen LogP contribution in [0.1, 0.15) is 30.6 Å². The summed E-state index contributed by atoms with van der Waals surface area (Å²) in [5, 5.41) is 5.75. The van der Waals surface area contributed by atoms with Crippen molar-refractivity contribution < 1.29 is 13.6 Å². The number of amides is 1. The summed E-state index contributed by atoms with van der Waals surface area (Å²) >= 11 is 0. The third-order valence-corrected chi connectivity index (χ3v) is 2.39. The van der Waals surface area contributed by atoms with Gasteiger partial charge in [-0.05, 0) is 25.1 Å². The number of carbonyl (C=O) groups is 1. The number of nitrogens with one attached hydrogen (secondary N) is 2. The van der Waals surface area contributed by atoms with E-state index in [2.05, 4.69) is 10.6 Å². The fraction of sp³-hybridized carbons (Fsp3) is 0.462. The van der Waals surface area contributed by atoms with E-state index in [-0.39, 0.29) is 5.56 Å². The highest BCUT2D eigenvalue weighted by Crippen LogP contribution is 2.10. The Hall–Kier alpha value is -1.49. The second-order valence-corrected chi connectivity index (χ2v) is 4.32. The normalized spacial score (nSPS) is 10.7. The number of rotatable bonds is 6. The number of carbonyl (C=O) groups excluding carboxylic acids is 1. The molecule has 5 heteroatoms. The van der Waals surface area contributed by atoms with Gasteiger partial charge in [0.2, 0.25) is 0 Å². The van der Waals surface area contributed by atoms with Gasteiger partial charge in [0.15, 0.2) is 11.6 Å². The van der Waals surface area contributed by atoms with Gasteiger partial charge in [-0.1, -0.05) is 19.9 Å². The van der Waals surface area contributed by atoms with Crippen molar-refractivity contribution in [1.82, 2.24) is 10.6 Å². The van der Waals surface area contributed by atoms with Gasteiger partial charge in [-0.3, -0.25) is 4.79 Å².